The number of carbonyl (C=O) groups excluding carboxylic acids is 3. The number of aliphatic hydroxyl groups is 3. The molecule has 0 aliphatic carbocycles. The number of unbranched alkanes of at least 4 members (excludes halogenated alkanes) is 11. The summed E-state index contributed by atoms with van der Waals surface area (Å²) in [6.07, 6.45) is 19.2. The summed E-state index contributed by atoms with van der Waals surface area (Å²) in [5.41, 5.74) is 0. The van der Waals surface area contributed by atoms with Gasteiger partial charge in [0.1, 0.15) is 11.9 Å². The van der Waals surface area contributed by atoms with Gasteiger partial charge in [-0.25, -0.2) is 0 Å². The van der Waals surface area contributed by atoms with E-state index in [0.29, 0.717) is 26.1 Å². The molecule has 1 unspecified atom stereocenters. The summed E-state index contributed by atoms with van der Waals surface area (Å²) in [5.74, 6) is -3.40. The zero-order valence-corrected chi connectivity index (χ0v) is 30.3. The van der Waals surface area contributed by atoms with Crippen LogP contribution in [0.3, 0.4) is 0 Å². The number of aliphatic carboxylic acids is 1. The Labute approximate surface area is 292 Å². The molecular formula is C30H57N2NaO11S. The molecule has 15 heteroatoms. The third-order valence-electron chi connectivity index (χ3n) is 6.58. The fraction of sp³-hybridized carbons (Fsp3) is 0.833. The number of esters is 1. The van der Waals surface area contributed by atoms with Gasteiger partial charge in [-0.05, 0) is 32.1 Å². The summed E-state index contributed by atoms with van der Waals surface area (Å²) in [5, 5.41) is 36.3. The molecule has 13 nitrogen and oxygen atoms in total. The van der Waals surface area contributed by atoms with Crippen LogP contribution in [0.25, 0.3) is 0 Å². The van der Waals surface area contributed by atoms with Crippen LogP contribution in [0.15, 0.2) is 12.2 Å². The Bertz CT molecular complexity index is 847. The van der Waals surface area contributed by atoms with Crippen LogP contribution in [0.2, 0.25) is 0 Å². The SMILES string of the molecule is CCCCCCCC/C=C\CCCCCCCC(=O)NCCOC(=O)CC(C(=O)[O-])S(=O)(=O)O.OCCN(CCO)CCO.[Na+]. The molecule has 0 spiro atoms. The summed E-state index contributed by atoms with van der Waals surface area (Å²) >= 11 is 0. The van der Waals surface area contributed by atoms with Crippen molar-refractivity contribution in [2.45, 2.75) is 108 Å². The molecule has 0 fully saturated rings. The number of carboxylic acids is 1. The Kier molecular flexibility index (Phi) is 36.8. The number of aliphatic hydroxyl groups excluding tert-OH is 3. The maximum absolute atomic E-state index is 11.8. The fourth-order valence-corrected chi connectivity index (χ4v) is 4.67. The first-order valence-corrected chi connectivity index (χ1v) is 17.3. The minimum atomic E-state index is -4.97. The minimum absolute atomic E-state index is 0. The quantitative estimate of drug-likeness (QED) is 0.0207. The molecule has 0 rings (SSSR count). The number of ether oxygens (including phenoxy) is 1. The summed E-state index contributed by atoms with van der Waals surface area (Å²) in [6, 6.07) is 0. The van der Waals surface area contributed by atoms with E-state index in [0.717, 1.165) is 38.5 Å². The molecule has 0 aromatic heterocycles. The number of hydrogen-bond acceptors (Lipinski definition) is 11. The van der Waals surface area contributed by atoms with Crippen molar-refractivity contribution in [1.82, 2.24) is 10.2 Å². The number of carbonyl (C=O) groups is 3. The molecule has 0 bridgehead atoms. The van der Waals surface area contributed by atoms with E-state index in [-0.39, 0.29) is 68.4 Å². The summed E-state index contributed by atoms with van der Waals surface area (Å²) in [6.45, 7) is 3.78. The van der Waals surface area contributed by atoms with Crippen LogP contribution >= 0.6 is 0 Å². The van der Waals surface area contributed by atoms with E-state index in [9.17, 15) is 27.9 Å². The predicted molar refractivity (Wildman–Crippen MR) is 166 cm³/mol. The smallest absolute Gasteiger partial charge is 0.549 e. The minimum Gasteiger partial charge on any atom is -0.549 e. The molecule has 5 N–H and O–H groups in total. The zero-order valence-electron chi connectivity index (χ0n) is 27.5. The first-order chi connectivity index (χ1) is 21.0. The van der Waals surface area contributed by atoms with Crippen LogP contribution in [0.4, 0.5) is 0 Å². The predicted octanol–water partition coefficient (Wildman–Crippen LogP) is -1.65. The van der Waals surface area contributed by atoms with Crippen molar-refractivity contribution in [2.24, 2.45) is 0 Å². The number of hydrogen-bond donors (Lipinski definition) is 5. The third kappa shape index (κ3) is 34.1. The Morgan fingerprint density at radius 1 is 0.822 bits per heavy atom. The molecular weight excluding hydrogens is 619 g/mol. The largest absolute Gasteiger partial charge is 1.00 e. The second-order valence-corrected chi connectivity index (χ2v) is 12.0. The number of amides is 1. The normalized spacial score (nSPS) is 11.9. The van der Waals surface area contributed by atoms with Gasteiger partial charge < -0.3 is 35.3 Å². The number of nitrogens with zero attached hydrogens (tertiary/aromatic N) is 1. The van der Waals surface area contributed by atoms with Crippen LogP contribution < -0.4 is 40.0 Å². The molecule has 0 aliphatic heterocycles. The Hall–Kier alpha value is -1.10. The van der Waals surface area contributed by atoms with Gasteiger partial charge in [0.05, 0.1) is 38.8 Å². The summed E-state index contributed by atoms with van der Waals surface area (Å²) in [4.78, 5) is 35.7. The third-order valence-corrected chi connectivity index (χ3v) is 7.65. The number of carboxylic acid groups (broad SMARTS) is 1. The zero-order chi connectivity index (χ0) is 33.5. The van der Waals surface area contributed by atoms with Crippen molar-refractivity contribution in [1.29, 1.82) is 0 Å². The van der Waals surface area contributed by atoms with Crippen molar-refractivity contribution in [3.05, 3.63) is 12.2 Å². The first kappa shape index (κ1) is 48.3. The summed E-state index contributed by atoms with van der Waals surface area (Å²) < 4.78 is 35.2. The van der Waals surface area contributed by atoms with Gasteiger partial charge in [0.15, 0.2) is 0 Å². The molecule has 0 saturated carbocycles. The molecule has 1 atom stereocenters. The molecule has 0 saturated heterocycles. The maximum Gasteiger partial charge on any atom is 1.00 e. The van der Waals surface area contributed by atoms with Crippen LogP contribution in [0.5, 0.6) is 0 Å². The molecule has 0 aromatic rings. The van der Waals surface area contributed by atoms with Gasteiger partial charge in [-0.3, -0.25) is 19.0 Å². The van der Waals surface area contributed by atoms with Gasteiger partial charge in [-0.15, -0.1) is 0 Å². The molecule has 0 aliphatic rings. The van der Waals surface area contributed by atoms with Crippen LogP contribution in [0, 0.1) is 0 Å². The summed E-state index contributed by atoms with van der Waals surface area (Å²) in [7, 11) is -4.97. The Morgan fingerprint density at radius 2 is 1.29 bits per heavy atom. The average molecular weight is 677 g/mol. The van der Waals surface area contributed by atoms with Crippen LogP contribution in [-0.4, -0.2) is 109 Å². The van der Waals surface area contributed by atoms with E-state index in [1.54, 1.807) is 4.90 Å². The van der Waals surface area contributed by atoms with E-state index < -0.39 is 33.7 Å². The van der Waals surface area contributed by atoms with Gasteiger partial charge in [0.25, 0.3) is 10.1 Å². The van der Waals surface area contributed by atoms with Crippen molar-refractivity contribution in [2.75, 3.05) is 52.6 Å². The van der Waals surface area contributed by atoms with Gasteiger partial charge in [-0.2, -0.15) is 8.42 Å². The Morgan fingerprint density at radius 3 is 1.73 bits per heavy atom. The average Bonchev–Trinajstić information content (AvgIpc) is 2.96. The Balaban J connectivity index is -0.00000137. The number of allylic oxidation sites excluding steroid dienone is 2. The molecule has 0 radical (unpaired) electrons. The first-order valence-electron chi connectivity index (χ1n) is 15.8. The number of rotatable bonds is 28. The maximum atomic E-state index is 11.8. The van der Waals surface area contributed by atoms with Gasteiger partial charge in [0, 0.05) is 26.1 Å². The van der Waals surface area contributed by atoms with Crippen molar-refractivity contribution < 1.29 is 82.1 Å². The van der Waals surface area contributed by atoms with E-state index >= 15 is 0 Å². The van der Waals surface area contributed by atoms with E-state index in [4.69, 9.17) is 19.9 Å². The topological polar surface area (TPSA) is 214 Å². The van der Waals surface area contributed by atoms with Crippen LogP contribution in [-0.2, 0) is 29.2 Å². The molecule has 0 aromatic carbocycles. The molecule has 260 valence electrons. The van der Waals surface area contributed by atoms with Crippen molar-refractivity contribution in [3.63, 3.8) is 0 Å². The second-order valence-electron chi connectivity index (χ2n) is 10.4. The van der Waals surface area contributed by atoms with Gasteiger partial charge in [-0.1, -0.05) is 70.4 Å². The van der Waals surface area contributed by atoms with E-state index in [1.807, 2.05) is 0 Å². The van der Waals surface area contributed by atoms with Crippen LogP contribution in [0.1, 0.15) is 103 Å². The van der Waals surface area contributed by atoms with Crippen molar-refractivity contribution in [3.8, 4) is 0 Å². The fourth-order valence-electron chi connectivity index (χ4n) is 4.08. The van der Waals surface area contributed by atoms with Gasteiger partial charge >= 0.3 is 35.5 Å². The molecule has 45 heavy (non-hydrogen) atoms. The molecule has 0 heterocycles. The van der Waals surface area contributed by atoms with Crippen molar-refractivity contribution >= 4 is 28.0 Å². The van der Waals surface area contributed by atoms with E-state index in [1.165, 1.54) is 44.9 Å². The molecule has 1 amide bonds. The second kappa shape index (κ2) is 34.2. The standard InChI is InChI=1S/C24H43NO8S.C6H15NO3.Na/c1-2-3-4-5-6-7-8-9-10-11-12-13-14-15-16-17-22(26)25-18-19-33-23(27)20-21(24(28)29)34(30,31)32;8-4-1-7(2-5-9)3-6-10;/h9-10,21H,2-8,11-20H2,1H3,(H,25,26)(H,28,29)(H,30,31,32);8-10H,1-6H2;/q;;+1/p-1/b10-9-;;. The van der Waals surface area contributed by atoms with E-state index in [2.05, 4.69) is 29.1 Å². The van der Waals surface area contributed by atoms with Gasteiger partial charge in [0.2, 0.25) is 5.91 Å². The number of nitrogens with one attached hydrogen (secondary N) is 1. The monoisotopic (exact) mass is 676 g/mol.